The highest BCUT2D eigenvalue weighted by atomic mass is 19.1. The Morgan fingerprint density at radius 2 is 1.96 bits per heavy atom. The van der Waals surface area contributed by atoms with Gasteiger partial charge in [0.1, 0.15) is 5.82 Å². The van der Waals surface area contributed by atoms with Crippen LogP contribution in [0.5, 0.6) is 0 Å². The number of rotatable bonds is 4. The van der Waals surface area contributed by atoms with Crippen LogP contribution in [-0.4, -0.2) is 47.6 Å². The van der Waals surface area contributed by atoms with Crippen LogP contribution in [0.1, 0.15) is 33.9 Å². The number of β-amino-alcohol motifs (C(OH)–C–C–N with tert-alkyl or cyclic N) is 1. The highest BCUT2D eigenvalue weighted by molar-refractivity contribution is 5.94. The fourth-order valence-electron chi connectivity index (χ4n) is 3.38. The lowest BCUT2D eigenvalue weighted by Crippen LogP contribution is -2.25. The number of nitrogens with zero attached hydrogens (tertiary/aromatic N) is 2. The highest BCUT2D eigenvalue weighted by Gasteiger charge is 2.32. The molecule has 2 aromatic carbocycles. The van der Waals surface area contributed by atoms with Gasteiger partial charge in [0.2, 0.25) is 0 Å². The van der Waals surface area contributed by atoms with Gasteiger partial charge in [-0.05, 0) is 41.8 Å². The lowest BCUT2D eigenvalue weighted by Gasteiger charge is -2.25. The molecular weight excluding hydrogens is 319 g/mol. The Kier molecular flexibility index (Phi) is 5.16. The van der Waals surface area contributed by atoms with Crippen LogP contribution in [0.4, 0.5) is 4.39 Å². The molecule has 0 radical (unpaired) electrons. The van der Waals surface area contributed by atoms with E-state index in [4.69, 9.17) is 0 Å². The molecule has 0 aromatic heterocycles. The molecule has 0 saturated carbocycles. The first-order valence-corrected chi connectivity index (χ1v) is 8.42. The quantitative estimate of drug-likeness (QED) is 0.929. The fourth-order valence-corrected chi connectivity index (χ4v) is 3.38. The summed E-state index contributed by atoms with van der Waals surface area (Å²) in [5.74, 6) is -0.290. The van der Waals surface area contributed by atoms with Gasteiger partial charge in [0.15, 0.2) is 0 Å². The molecule has 1 N–H and O–H groups in total. The number of hydrogen-bond donors (Lipinski definition) is 1. The molecule has 1 saturated heterocycles. The molecule has 5 heteroatoms. The van der Waals surface area contributed by atoms with E-state index in [1.165, 1.54) is 12.1 Å². The number of likely N-dealkylation sites (tertiary alicyclic amines) is 1. The van der Waals surface area contributed by atoms with Crippen LogP contribution >= 0.6 is 0 Å². The van der Waals surface area contributed by atoms with Gasteiger partial charge in [0.25, 0.3) is 5.91 Å². The molecule has 0 aliphatic carbocycles. The van der Waals surface area contributed by atoms with Crippen molar-refractivity contribution < 1.29 is 14.3 Å². The summed E-state index contributed by atoms with van der Waals surface area (Å²) in [7, 11) is 3.47. The number of aliphatic hydroxyl groups excluding tert-OH is 1. The molecule has 1 amide bonds. The zero-order valence-electron chi connectivity index (χ0n) is 14.5. The zero-order valence-corrected chi connectivity index (χ0v) is 14.5. The zero-order chi connectivity index (χ0) is 18.0. The standard InChI is InChI=1S/C20H23FN2O2/c1-22(2)20(25)16-5-3-4-14(10-16)12-23-13-18(24)11-19(23)15-6-8-17(21)9-7-15/h3-10,18-19,24H,11-13H2,1-2H3/t18-,19+/m0/s1. The summed E-state index contributed by atoms with van der Waals surface area (Å²) in [6, 6.07) is 14.1. The first kappa shape index (κ1) is 17.6. The van der Waals surface area contributed by atoms with Crippen molar-refractivity contribution in [1.29, 1.82) is 0 Å². The Balaban J connectivity index is 1.80. The third kappa shape index (κ3) is 4.06. The summed E-state index contributed by atoms with van der Waals surface area (Å²) >= 11 is 0. The van der Waals surface area contributed by atoms with Crippen LogP contribution < -0.4 is 0 Å². The minimum Gasteiger partial charge on any atom is -0.392 e. The number of aliphatic hydroxyl groups is 1. The van der Waals surface area contributed by atoms with Gasteiger partial charge in [-0.25, -0.2) is 4.39 Å². The van der Waals surface area contributed by atoms with Gasteiger partial charge in [-0.3, -0.25) is 9.69 Å². The molecule has 3 rings (SSSR count). The van der Waals surface area contributed by atoms with Crippen molar-refractivity contribution in [2.45, 2.75) is 25.1 Å². The van der Waals surface area contributed by atoms with Crippen molar-refractivity contribution in [3.8, 4) is 0 Å². The Morgan fingerprint density at radius 3 is 2.64 bits per heavy atom. The average molecular weight is 342 g/mol. The molecule has 132 valence electrons. The third-order valence-electron chi connectivity index (χ3n) is 4.60. The maximum Gasteiger partial charge on any atom is 0.253 e. The number of benzene rings is 2. The van der Waals surface area contributed by atoms with Gasteiger partial charge >= 0.3 is 0 Å². The van der Waals surface area contributed by atoms with Crippen LogP contribution in [0.3, 0.4) is 0 Å². The summed E-state index contributed by atoms with van der Waals surface area (Å²) in [5.41, 5.74) is 2.67. The third-order valence-corrected chi connectivity index (χ3v) is 4.60. The molecule has 1 aliphatic heterocycles. The van der Waals surface area contributed by atoms with Crippen LogP contribution in [0.25, 0.3) is 0 Å². The topological polar surface area (TPSA) is 43.8 Å². The molecule has 2 aromatic rings. The average Bonchev–Trinajstić information content (AvgIpc) is 2.95. The summed E-state index contributed by atoms with van der Waals surface area (Å²) < 4.78 is 13.2. The molecule has 1 aliphatic rings. The van der Waals surface area contributed by atoms with Gasteiger partial charge in [0, 0.05) is 38.8 Å². The van der Waals surface area contributed by atoms with Crippen molar-refractivity contribution >= 4 is 5.91 Å². The minimum atomic E-state index is -0.401. The van der Waals surface area contributed by atoms with Gasteiger partial charge < -0.3 is 10.0 Å². The summed E-state index contributed by atoms with van der Waals surface area (Å²) in [4.78, 5) is 15.9. The second-order valence-corrected chi connectivity index (χ2v) is 6.79. The van der Waals surface area contributed by atoms with Crippen molar-refractivity contribution in [3.63, 3.8) is 0 Å². The molecule has 4 nitrogen and oxygen atoms in total. The number of carbonyl (C=O) groups is 1. The Morgan fingerprint density at radius 1 is 1.24 bits per heavy atom. The lowest BCUT2D eigenvalue weighted by atomic mass is 10.0. The highest BCUT2D eigenvalue weighted by Crippen LogP contribution is 2.33. The molecule has 1 fully saturated rings. The maximum atomic E-state index is 13.2. The minimum absolute atomic E-state index is 0.0293. The maximum absolute atomic E-state index is 13.2. The summed E-state index contributed by atoms with van der Waals surface area (Å²) in [5, 5.41) is 10.1. The van der Waals surface area contributed by atoms with E-state index >= 15 is 0 Å². The SMILES string of the molecule is CN(C)C(=O)c1cccc(CN2C[C@@H](O)C[C@@H]2c2ccc(F)cc2)c1. The van der Waals surface area contributed by atoms with Crippen molar-refractivity contribution in [2.75, 3.05) is 20.6 Å². The van der Waals surface area contributed by atoms with E-state index in [1.807, 2.05) is 24.3 Å². The van der Waals surface area contributed by atoms with E-state index in [0.717, 1.165) is 11.1 Å². The number of amides is 1. The number of carbonyl (C=O) groups excluding carboxylic acids is 1. The van der Waals surface area contributed by atoms with Gasteiger partial charge in [0.05, 0.1) is 6.10 Å². The predicted octanol–water partition coefficient (Wildman–Crippen LogP) is 2.84. The largest absolute Gasteiger partial charge is 0.392 e. The van der Waals surface area contributed by atoms with E-state index in [0.29, 0.717) is 25.1 Å². The van der Waals surface area contributed by atoms with E-state index in [9.17, 15) is 14.3 Å². The van der Waals surface area contributed by atoms with Gasteiger partial charge in [-0.1, -0.05) is 24.3 Å². The van der Waals surface area contributed by atoms with Gasteiger partial charge in [-0.15, -0.1) is 0 Å². The first-order valence-electron chi connectivity index (χ1n) is 8.42. The van der Waals surface area contributed by atoms with Crippen molar-refractivity contribution in [3.05, 3.63) is 71.0 Å². The van der Waals surface area contributed by atoms with Crippen LogP contribution in [0.2, 0.25) is 0 Å². The summed E-state index contributed by atoms with van der Waals surface area (Å²) in [6.45, 7) is 1.20. The molecule has 0 unspecified atom stereocenters. The van der Waals surface area contributed by atoms with E-state index < -0.39 is 6.10 Å². The lowest BCUT2D eigenvalue weighted by molar-refractivity contribution is 0.0827. The molecule has 0 spiro atoms. The Labute approximate surface area is 147 Å². The molecule has 25 heavy (non-hydrogen) atoms. The van der Waals surface area contributed by atoms with Crippen molar-refractivity contribution in [1.82, 2.24) is 9.80 Å². The number of halogens is 1. The second kappa shape index (κ2) is 7.33. The summed E-state index contributed by atoms with van der Waals surface area (Å²) in [6.07, 6.45) is 0.226. The Bertz CT molecular complexity index is 746. The molecular formula is C20H23FN2O2. The monoisotopic (exact) mass is 342 g/mol. The molecule has 2 atom stereocenters. The molecule has 1 heterocycles. The first-order chi connectivity index (χ1) is 11.9. The van der Waals surface area contributed by atoms with Crippen LogP contribution in [0, 0.1) is 5.82 Å². The van der Waals surface area contributed by atoms with Gasteiger partial charge in [-0.2, -0.15) is 0 Å². The van der Waals surface area contributed by atoms with Crippen molar-refractivity contribution in [2.24, 2.45) is 0 Å². The Hall–Kier alpha value is -2.24. The van der Waals surface area contributed by atoms with E-state index in [1.54, 1.807) is 31.1 Å². The normalized spacial score (nSPS) is 20.6. The predicted molar refractivity (Wildman–Crippen MR) is 94.6 cm³/mol. The fraction of sp³-hybridized carbons (Fsp3) is 0.350. The van der Waals surface area contributed by atoms with E-state index in [-0.39, 0.29) is 17.8 Å². The van der Waals surface area contributed by atoms with Crippen LogP contribution in [0.15, 0.2) is 48.5 Å². The second-order valence-electron chi connectivity index (χ2n) is 6.79. The number of hydrogen-bond acceptors (Lipinski definition) is 3. The van der Waals surface area contributed by atoms with E-state index in [2.05, 4.69) is 4.90 Å². The van der Waals surface area contributed by atoms with Crippen LogP contribution in [-0.2, 0) is 6.54 Å². The molecule has 0 bridgehead atoms. The smallest absolute Gasteiger partial charge is 0.253 e.